The zero-order chi connectivity index (χ0) is 16.5. The number of rotatable bonds is 3. The maximum atomic E-state index is 12.2. The van der Waals surface area contributed by atoms with Gasteiger partial charge in [-0.25, -0.2) is 9.79 Å². The van der Waals surface area contributed by atoms with Crippen LogP contribution in [0.25, 0.3) is 0 Å². The second-order valence-corrected chi connectivity index (χ2v) is 6.66. The van der Waals surface area contributed by atoms with Gasteiger partial charge in [0.2, 0.25) is 5.88 Å². The van der Waals surface area contributed by atoms with Crippen molar-refractivity contribution in [1.82, 2.24) is 0 Å². The van der Waals surface area contributed by atoms with Gasteiger partial charge in [-0.3, -0.25) is 0 Å². The first-order valence-electron chi connectivity index (χ1n) is 5.84. The maximum Gasteiger partial charge on any atom is 0.534 e. The van der Waals surface area contributed by atoms with Gasteiger partial charge in [-0.15, -0.1) is 0 Å². The molecule has 0 atom stereocenters. The van der Waals surface area contributed by atoms with Crippen LogP contribution in [-0.4, -0.2) is 31.2 Å². The van der Waals surface area contributed by atoms with Gasteiger partial charge in [0.15, 0.2) is 0 Å². The molecule has 0 aromatic rings. The smallest absolute Gasteiger partial charge is 0.455 e. The van der Waals surface area contributed by atoms with Crippen LogP contribution in [0.2, 0.25) is 0 Å². The van der Waals surface area contributed by atoms with E-state index in [1.54, 1.807) is 20.8 Å². The molecule has 1 rings (SSSR count). The van der Waals surface area contributed by atoms with Crippen molar-refractivity contribution < 1.29 is 35.3 Å². The molecule has 1 aliphatic heterocycles. The molecule has 0 radical (unpaired) electrons. The van der Waals surface area contributed by atoms with Crippen LogP contribution in [-0.2, 0) is 23.8 Å². The second kappa shape index (κ2) is 5.66. The standard InChI is InChI=1S/C11H14F3NO5S/c1-10(2,3)19-9(16)7-5-4-6-8(15-7)20-21(17,18)11(12,13)14/h6H,4-5H2,1-3H3. The van der Waals surface area contributed by atoms with E-state index in [2.05, 4.69) is 9.18 Å². The Labute approximate surface area is 119 Å². The summed E-state index contributed by atoms with van der Waals surface area (Å²) in [6.07, 6.45) is 1.28. The number of halogens is 3. The molecular weight excluding hydrogens is 315 g/mol. The molecule has 0 spiro atoms. The van der Waals surface area contributed by atoms with Crippen LogP contribution < -0.4 is 0 Å². The van der Waals surface area contributed by atoms with Crippen LogP contribution in [0, 0.1) is 0 Å². The molecule has 21 heavy (non-hydrogen) atoms. The molecule has 0 aromatic heterocycles. The molecule has 1 aliphatic rings. The van der Waals surface area contributed by atoms with Crippen LogP contribution in [0.15, 0.2) is 17.0 Å². The largest absolute Gasteiger partial charge is 0.534 e. The van der Waals surface area contributed by atoms with E-state index in [9.17, 15) is 26.4 Å². The molecule has 0 bridgehead atoms. The Morgan fingerprint density at radius 2 is 1.86 bits per heavy atom. The Bertz CT molecular complexity index is 584. The normalized spacial score (nSPS) is 16.9. The van der Waals surface area contributed by atoms with Gasteiger partial charge in [0.25, 0.3) is 0 Å². The summed E-state index contributed by atoms with van der Waals surface area (Å²) in [5.74, 6) is -1.62. The highest BCUT2D eigenvalue weighted by Crippen LogP contribution is 2.28. The van der Waals surface area contributed by atoms with E-state index in [0.29, 0.717) is 0 Å². The van der Waals surface area contributed by atoms with Gasteiger partial charge in [0, 0.05) is 6.42 Å². The number of aliphatic imine (C=N–C) groups is 1. The lowest BCUT2D eigenvalue weighted by Gasteiger charge is -2.21. The lowest BCUT2D eigenvalue weighted by Crippen LogP contribution is -2.30. The first-order chi connectivity index (χ1) is 9.32. The van der Waals surface area contributed by atoms with E-state index >= 15 is 0 Å². The minimum absolute atomic E-state index is 0.112. The van der Waals surface area contributed by atoms with E-state index in [1.807, 2.05) is 0 Å². The topological polar surface area (TPSA) is 82.0 Å². The number of allylic oxidation sites excluding steroid dienone is 1. The fraction of sp³-hybridized carbons (Fsp3) is 0.636. The van der Waals surface area contributed by atoms with Crippen molar-refractivity contribution in [3.8, 4) is 0 Å². The van der Waals surface area contributed by atoms with Crippen molar-refractivity contribution in [3.05, 3.63) is 12.0 Å². The summed E-state index contributed by atoms with van der Waals surface area (Å²) in [5.41, 5.74) is -6.56. The van der Waals surface area contributed by atoms with E-state index in [4.69, 9.17) is 4.74 Å². The molecule has 0 aliphatic carbocycles. The van der Waals surface area contributed by atoms with Gasteiger partial charge < -0.3 is 8.92 Å². The number of hydrogen-bond acceptors (Lipinski definition) is 6. The summed E-state index contributed by atoms with van der Waals surface area (Å²) >= 11 is 0. The number of ether oxygens (including phenoxy) is 1. The fourth-order valence-electron chi connectivity index (χ4n) is 1.26. The highest BCUT2D eigenvalue weighted by atomic mass is 32.2. The number of esters is 1. The molecular formula is C11H14F3NO5S. The van der Waals surface area contributed by atoms with Crippen LogP contribution in [0.3, 0.4) is 0 Å². The van der Waals surface area contributed by atoms with Crippen molar-refractivity contribution in [2.24, 2.45) is 4.99 Å². The number of hydrogen-bond donors (Lipinski definition) is 0. The molecule has 6 nitrogen and oxygen atoms in total. The predicted octanol–water partition coefficient (Wildman–Crippen LogP) is 2.27. The lowest BCUT2D eigenvalue weighted by molar-refractivity contribution is -0.146. The minimum atomic E-state index is -5.81. The van der Waals surface area contributed by atoms with Gasteiger partial charge in [0.05, 0.1) is 0 Å². The van der Waals surface area contributed by atoms with Gasteiger partial charge in [-0.2, -0.15) is 21.6 Å². The summed E-state index contributed by atoms with van der Waals surface area (Å²) < 4.78 is 67.1. The maximum absolute atomic E-state index is 12.2. The first kappa shape index (κ1) is 17.5. The summed E-state index contributed by atoms with van der Waals surface area (Å²) in [5, 5.41) is 0. The minimum Gasteiger partial charge on any atom is -0.455 e. The molecule has 0 N–H and O–H groups in total. The molecule has 1 heterocycles. The Morgan fingerprint density at radius 3 is 2.33 bits per heavy atom. The van der Waals surface area contributed by atoms with E-state index in [0.717, 1.165) is 6.08 Å². The van der Waals surface area contributed by atoms with Crippen molar-refractivity contribution in [2.75, 3.05) is 0 Å². The van der Waals surface area contributed by atoms with Crippen molar-refractivity contribution >= 4 is 21.8 Å². The highest BCUT2D eigenvalue weighted by Gasteiger charge is 2.49. The first-order valence-corrected chi connectivity index (χ1v) is 7.24. The Kier molecular flexibility index (Phi) is 4.71. The van der Waals surface area contributed by atoms with Gasteiger partial charge in [0.1, 0.15) is 11.3 Å². The summed E-state index contributed by atoms with van der Waals surface area (Å²) in [6, 6.07) is 0. The molecule has 0 aromatic carbocycles. The number of carbonyl (C=O) groups excluding carboxylic acids is 1. The van der Waals surface area contributed by atoms with E-state index in [-0.39, 0.29) is 18.6 Å². The predicted molar refractivity (Wildman–Crippen MR) is 66.7 cm³/mol. The number of alkyl halides is 3. The number of nitrogens with zero attached hydrogens (tertiary/aromatic N) is 1. The van der Waals surface area contributed by atoms with Crippen molar-refractivity contribution in [2.45, 2.75) is 44.7 Å². The molecule has 0 amide bonds. The van der Waals surface area contributed by atoms with Crippen LogP contribution in [0.1, 0.15) is 33.6 Å². The van der Waals surface area contributed by atoms with Crippen LogP contribution in [0.5, 0.6) is 0 Å². The Balaban J connectivity index is 2.89. The van der Waals surface area contributed by atoms with Crippen molar-refractivity contribution in [3.63, 3.8) is 0 Å². The second-order valence-electron chi connectivity index (χ2n) is 5.12. The van der Waals surface area contributed by atoms with Crippen LogP contribution >= 0.6 is 0 Å². The SMILES string of the molecule is CC(C)(C)OC(=O)C1=NC(OS(=O)(=O)C(F)(F)F)=CCC1. The molecule has 0 saturated heterocycles. The molecule has 0 fully saturated rings. The molecule has 0 saturated carbocycles. The third kappa shape index (κ3) is 5.03. The average Bonchev–Trinajstić information content (AvgIpc) is 2.24. The molecule has 120 valence electrons. The highest BCUT2D eigenvalue weighted by molar-refractivity contribution is 7.87. The average molecular weight is 329 g/mol. The lowest BCUT2D eigenvalue weighted by atomic mass is 10.1. The zero-order valence-corrected chi connectivity index (χ0v) is 12.3. The van der Waals surface area contributed by atoms with E-state index < -0.39 is 33.1 Å². The van der Waals surface area contributed by atoms with Gasteiger partial charge in [-0.1, -0.05) is 0 Å². The summed E-state index contributed by atoms with van der Waals surface area (Å²) in [6.45, 7) is 4.82. The Hall–Kier alpha value is -1.58. The van der Waals surface area contributed by atoms with Crippen molar-refractivity contribution in [1.29, 1.82) is 0 Å². The summed E-state index contributed by atoms with van der Waals surface area (Å²) in [7, 11) is -5.81. The fourth-order valence-corrected chi connectivity index (χ4v) is 1.69. The monoisotopic (exact) mass is 329 g/mol. The van der Waals surface area contributed by atoms with Gasteiger partial charge >= 0.3 is 21.6 Å². The third-order valence-electron chi connectivity index (χ3n) is 2.06. The van der Waals surface area contributed by atoms with Gasteiger partial charge in [-0.05, 0) is 33.3 Å². The summed E-state index contributed by atoms with van der Waals surface area (Å²) in [4.78, 5) is 15.2. The molecule has 0 unspecified atom stereocenters. The number of carbonyl (C=O) groups is 1. The molecule has 10 heteroatoms. The van der Waals surface area contributed by atoms with E-state index in [1.165, 1.54) is 0 Å². The third-order valence-corrected chi connectivity index (χ3v) is 3.02. The zero-order valence-electron chi connectivity index (χ0n) is 11.5. The quantitative estimate of drug-likeness (QED) is 0.451. The Morgan fingerprint density at radius 1 is 1.29 bits per heavy atom. The van der Waals surface area contributed by atoms with Crippen LogP contribution in [0.4, 0.5) is 13.2 Å².